The largest absolute Gasteiger partial charge is 0.497 e. The molecule has 0 saturated heterocycles. The first-order chi connectivity index (χ1) is 18.8. The van der Waals surface area contributed by atoms with Crippen molar-refractivity contribution in [2.75, 3.05) is 14.2 Å². The summed E-state index contributed by atoms with van der Waals surface area (Å²) in [6, 6.07) is 23.8. The van der Waals surface area contributed by atoms with Gasteiger partial charge in [0.15, 0.2) is 0 Å². The van der Waals surface area contributed by atoms with Gasteiger partial charge >= 0.3 is 6.09 Å². The Hall–Kier alpha value is -3.47. The number of carbonyl (C=O) groups is 1. The Morgan fingerprint density at radius 3 is 2.05 bits per heavy atom. The molecule has 8 nitrogen and oxygen atoms in total. The monoisotopic (exact) mass is 571 g/mol. The molecule has 0 aliphatic carbocycles. The van der Waals surface area contributed by atoms with Crippen molar-refractivity contribution in [1.82, 2.24) is 5.32 Å². The first-order valence-corrected chi connectivity index (χ1v) is 14.8. The zero-order valence-electron chi connectivity index (χ0n) is 21.9. The van der Waals surface area contributed by atoms with Crippen LogP contribution in [0, 0.1) is 0 Å². The van der Waals surface area contributed by atoms with Gasteiger partial charge in [0.25, 0.3) is 10.1 Å². The highest BCUT2D eigenvalue weighted by Crippen LogP contribution is 2.27. The third-order valence-electron chi connectivity index (χ3n) is 5.86. The number of alkyl carbamates (subject to hydrolysis) is 1. The number of hydrogen-bond donors (Lipinski definition) is 2. The maximum Gasteiger partial charge on any atom is 0.407 e. The van der Waals surface area contributed by atoms with Crippen molar-refractivity contribution in [3.05, 3.63) is 107 Å². The molecule has 0 heterocycles. The van der Waals surface area contributed by atoms with E-state index in [1.807, 2.05) is 78.9 Å². The predicted octanol–water partition coefficient (Wildman–Crippen LogP) is 5.63. The van der Waals surface area contributed by atoms with Gasteiger partial charge in [-0.05, 0) is 59.9 Å². The average molecular weight is 572 g/mol. The molecule has 3 rings (SSSR count). The maximum absolute atomic E-state index is 12.7. The van der Waals surface area contributed by atoms with E-state index in [0.717, 1.165) is 28.2 Å². The lowest BCUT2D eigenvalue weighted by Gasteiger charge is -2.25. The summed E-state index contributed by atoms with van der Waals surface area (Å²) in [5.41, 5.74) is 2.93. The number of hydrogen-bond acceptors (Lipinski definition) is 7. The quantitative estimate of drug-likeness (QED) is 0.239. The molecule has 2 unspecified atom stereocenters. The van der Waals surface area contributed by atoms with Crippen molar-refractivity contribution in [1.29, 1.82) is 0 Å². The Morgan fingerprint density at radius 2 is 1.49 bits per heavy atom. The molecule has 0 saturated carbocycles. The summed E-state index contributed by atoms with van der Waals surface area (Å²) in [6.07, 6.45) is 1.87. The van der Waals surface area contributed by atoms with Gasteiger partial charge in [0.1, 0.15) is 18.1 Å². The topological polar surface area (TPSA) is 111 Å². The predicted molar refractivity (Wildman–Crippen MR) is 154 cm³/mol. The number of carbonyl (C=O) groups excluding carboxylic acids is 1. The molecule has 0 bridgehead atoms. The smallest absolute Gasteiger partial charge is 0.407 e. The lowest BCUT2D eigenvalue weighted by Crippen LogP contribution is -2.41. The molecule has 39 heavy (non-hydrogen) atoms. The molecule has 208 valence electrons. The Kier molecular flexibility index (Phi) is 11.7. The molecular weight excluding hydrogens is 538 g/mol. The Morgan fingerprint density at radius 1 is 0.897 bits per heavy atom. The van der Waals surface area contributed by atoms with E-state index in [2.05, 4.69) is 5.32 Å². The number of nitrogens with one attached hydrogen (secondary N) is 1. The normalized spacial score (nSPS) is 13.0. The molecule has 1 amide bonds. The second-order valence-electron chi connectivity index (χ2n) is 8.66. The fourth-order valence-corrected chi connectivity index (χ4v) is 5.36. The number of amides is 1. The number of thioether (sulfide) groups is 1. The van der Waals surface area contributed by atoms with Crippen molar-refractivity contribution in [2.24, 2.45) is 0 Å². The van der Waals surface area contributed by atoms with Gasteiger partial charge in [-0.3, -0.25) is 4.55 Å². The molecular formula is C29H33NO7S2. The highest BCUT2D eigenvalue weighted by atomic mass is 32.2. The molecule has 0 fully saturated rings. The van der Waals surface area contributed by atoms with Crippen LogP contribution >= 0.6 is 11.8 Å². The molecule has 0 radical (unpaired) electrons. The van der Waals surface area contributed by atoms with Gasteiger partial charge in [-0.25, -0.2) is 4.79 Å². The van der Waals surface area contributed by atoms with Crippen LogP contribution in [0.15, 0.2) is 90.3 Å². The van der Waals surface area contributed by atoms with Crippen molar-refractivity contribution < 1.29 is 32.0 Å². The molecule has 2 N–H and O–H groups in total. The summed E-state index contributed by atoms with van der Waals surface area (Å²) in [4.78, 5) is 12.7. The number of ether oxygens (including phenoxy) is 3. The first kappa shape index (κ1) is 30.1. The van der Waals surface area contributed by atoms with E-state index >= 15 is 0 Å². The van der Waals surface area contributed by atoms with E-state index in [9.17, 15) is 17.8 Å². The molecule has 0 spiro atoms. The minimum atomic E-state index is -4.40. The zero-order chi connectivity index (χ0) is 28.1. The standard InChI is InChI=1S/C29H33NO7S2/c1-35-25-13-8-22(9-14-25)12-17-28(38-21-24-10-15-26(36-2)16-11-24)27(18-19-39(32,33)34)30-29(31)37-20-23-6-4-3-5-7-23/h3-11,13-16,18-19,27-28H,12,17,20-21H2,1-2H3,(H,30,31)(H,32,33,34). The summed E-state index contributed by atoms with van der Waals surface area (Å²) in [5, 5.41) is 3.23. The van der Waals surface area contributed by atoms with Crippen LogP contribution in [0.2, 0.25) is 0 Å². The molecule has 3 aromatic rings. The summed E-state index contributed by atoms with van der Waals surface area (Å²) < 4.78 is 48.3. The van der Waals surface area contributed by atoms with E-state index in [4.69, 9.17) is 14.2 Å². The summed E-state index contributed by atoms with van der Waals surface area (Å²) in [6.45, 7) is 0.0664. The van der Waals surface area contributed by atoms with Crippen LogP contribution in [0.4, 0.5) is 4.79 Å². The third-order valence-corrected chi connectivity index (χ3v) is 7.81. The average Bonchev–Trinajstić information content (AvgIpc) is 2.95. The fraction of sp³-hybridized carbons (Fsp3) is 0.276. The van der Waals surface area contributed by atoms with Crippen LogP contribution in [-0.2, 0) is 33.6 Å². The van der Waals surface area contributed by atoms with Crippen LogP contribution in [0.1, 0.15) is 23.1 Å². The van der Waals surface area contributed by atoms with E-state index < -0.39 is 22.3 Å². The molecule has 3 aromatic carbocycles. The second-order valence-corrected chi connectivity index (χ2v) is 11.2. The zero-order valence-corrected chi connectivity index (χ0v) is 23.5. The number of benzene rings is 3. The Balaban J connectivity index is 1.78. The van der Waals surface area contributed by atoms with Crippen molar-refractivity contribution >= 4 is 28.0 Å². The van der Waals surface area contributed by atoms with Gasteiger partial charge in [-0.15, -0.1) is 0 Å². The van der Waals surface area contributed by atoms with Gasteiger partial charge in [0, 0.05) is 11.0 Å². The maximum atomic E-state index is 12.7. The number of methoxy groups -OCH3 is 2. The highest BCUT2D eigenvalue weighted by molar-refractivity contribution is 7.99. The minimum absolute atomic E-state index is 0.0664. The minimum Gasteiger partial charge on any atom is -0.497 e. The molecule has 0 aliphatic heterocycles. The van der Waals surface area contributed by atoms with Gasteiger partial charge < -0.3 is 19.5 Å². The fourth-order valence-electron chi connectivity index (χ4n) is 3.74. The van der Waals surface area contributed by atoms with Crippen molar-refractivity contribution in [2.45, 2.75) is 36.5 Å². The SMILES string of the molecule is COc1ccc(CCC(SCc2ccc(OC)cc2)C(C=CS(=O)(=O)O)NC(=O)OCc2ccccc2)cc1. The van der Waals surface area contributed by atoms with Gasteiger partial charge in [-0.1, -0.05) is 54.6 Å². The molecule has 10 heteroatoms. The van der Waals surface area contributed by atoms with Crippen LogP contribution in [0.25, 0.3) is 0 Å². The van der Waals surface area contributed by atoms with E-state index in [1.54, 1.807) is 26.0 Å². The summed E-state index contributed by atoms with van der Waals surface area (Å²) in [7, 11) is -1.19. The third kappa shape index (κ3) is 11.0. The van der Waals surface area contributed by atoms with Crippen molar-refractivity contribution in [3.8, 4) is 11.5 Å². The molecule has 0 aliphatic rings. The summed E-state index contributed by atoms with van der Waals surface area (Å²) >= 11 is 1.57. The summed E-state index contributed by atoms with van der Waals surface area (Å²) in [5.74, 6) is 2.10. The highest BCUT2D eigenvalue weighted by Gasteiger charge is 2.23. The number of rotatable bonds is 14. The lowest BCUT2D eigenvalue weighted by atomic mass is 10.0. The molecule has 0 aromatic heterocycles. The van der Waals surface area contributed by atoms with E-state index in [0.29, 0.717) is 24.0 Å². The van der Waals surface area contributed by atoms with Crippen LogP contribution in [0.3, 0.4) is 0 Å². The Labute approximate surface area is 234 Å². The van der Waals surface area contributed by atoms with Crippen LogP contribution in [0.5, 0.6) is 11.5 Å². The van der Waals surface area contributed by atoms with E-state index in [1.165, 1.54) is 6.08 Å². The van der Waals surface area contributed by atoms with Crippen LogP contribution in [-0.4, -0.2) is 44.6 Å². The van der Waals surface area contributed by atoms with Gasteiger partial charge in [0.05, 0.1) is 25.7 Å². The molecule has 2 atom stereocenters. The van der Waals surface area contributed by atoms with Crippen molar-refractivity contribution in [3.63, 3.8) is 0 Å². The van der Waals surface area contributed by atoms with Gasteiger partial charge in [0.2, 0.25) is 0 Å². The van der Waals surface area contributed by atoms with E-state index in [-0.39, 0.29) is 11.9 Å². The lowest BCUT2D eigenvalue weighted by molar-refractivity contribution is 0.137. The first-order valence-electron chi connectivity index (χ1n) is 12.3. The number of aryl methyl sites for hydroxylation is 1. The van der Waals surface area contributed by atoms with Gasteiger partial charge in [-0.2, -0.15) is 20.2 Å². The van der Waals surface area contributed by atoms with Crippen LogP contribution < -0.4 is 14.8 Å². The second kappa shape index (κ2) is 15.2. The Bertz CT molecular complexity index is 1240.